The molecule has 3 rings (SSSR count). The number of hydrogen-bond donors (Lipinski definition) is 0. The normalized spacial score (nSPS) is 18.1. The van der Waals surface area contributed by atoms with E-state index in [0.717, 1.165) is 31.8 Å². The molecule has 1 aliphatic rings. The number of amides is 1. The van der Waals surface area contributed by atoms with Crippen LogP contribution in [0.3, 0.4) is 0 Å². The summed E-state index contributed by atoms with van der Waals surface area (Å²) in [6, 6.07) is 20.5. The van der Waals surface area contributed by atoms with Crippen LogP contribution in [-0.4, -0.2) is 49.0 Å². The number of ether oxygens (including phenoxy) is 1. The number of benzene rings is 2. The fraction of sp³-hybridized carbons (Fsp3) is 0.381. The van der Waals surface area contributed by atoms with Gasteiger partial charge in [-0.05, 0) is 31.2 Å². The fourth-order valence-corrected chi connectivity index (χ4v) is 3.22. The van der Waals surface area contributed by atoms with Gasteiger partial charge in [-0.15, -0.1) is 0 Å². The van der Waals surface area contributed by atoms with Gasteiger partial charge >= 0.3 is 0 Å². The van der Waals surface area contributed by atoms with Crippen molar-refractivity contribution in [3.63, 3.8) is 0 Å². The zero-order chi connectivity index (χ0) is 17.5. The average molecular weight is 338 g/mol. The highest BCUT2D eigenvalue weighted by Gasteiger charge is 2.27. The predicted molar refractivity (Wildman–Crippen MR) is 99.6 cm³/mol. The zero-order valence-electron chi connectivity index (χ0n) is 14.8. The van der Waals surface area contributed by atoms with Gasteiger partial charge < -0.3 is 9.64 Å². The Morgan fingerprint density at radius 2 is 1.72 bits per heavy atom. The van der Waals surface area contributed by atoms with Gasteiger partial charge in [-0.25, -0.2) is 0 Å². The van der Waals surface area contributed by atoms with Gasteiger partial charge in [0, 0.05) is 26.1 Å². The Morgan fingerprint density at radius 3 is 2.44 bits per heavy atom. The van der Waals surface area contributed by atoms with E-state index in [-0.39, 0.29) is 11.9 Å². The summed E-state index contributed by atoms with van der Waals surface area (Å²) >= 11 is 0. The minimum atomic E-state index is 0.227. The number of hydrogen-bond acceptors (Lipinski definition) is 3. The summed E-state index contributed by atoms with van der Waals surface area (Å²) in [7, 11) is 2.13. The highest BCUT2D eigenvalue weighted by atomic mass is 16.5. The predicted octanol–water partition coefficient (Wildman–Crippen LogP) is 3.36. The largest absolute Gasteiger partial charge is 0.494 e. The molecule has 1 fully saturated rings. The Balaban J connectivity index is 1.47. The average Bonchev–Trinajstić information content (AvgIpc) is 2.67. The lowest BCUT2D eigenvalue weighted by Gasteiger charge is -2.39. The van der Waals surface area contributed by atoms with E-state index < -0.39 is 0 Å². The van der Waals surface area contributed by atoms with Gasteiger partial charge in [0.15, 0.2) is 0 Å². The second kappa shape index (κ2) is 8.67. The molecule has 4 heteroatoms. The Hall–Kier alpha value is -2.33. The third kappa shape index (κ3) is 4.83. The quantitative estimate of drug-likeness (QED) is 0.757. The molecule has 1 heterocycles. The Bertz CT molecular complexity index is 660. The van der Waals surface area contributed by atoms with Crippen molar-refractivity contribution in [2.45, 2.75) is 18.9 Å². The summed E-state index contributed by atoms with van der Waals surface area (Å²) in [5, 5.41) is 0. The third-order valence-electron chi connectivity index (χ3n) is 4.73. The monoisotopic (exact) mass is 338 g/mol. The smallest absolute Gasteiger partial charge is 0.222 e. The van der Waals surface area contributed by atoms with Gasteiger partial charge in [-0.1, -0.05) is 48.5 Å². The van der Waals surface area contributed by atoms with Crippen LogP contribution in [0.15, 0.2) is 60.7 Å². The summed E-state index contributed by atoms with van der Waals surface area (Å²) in [6.45, 7) is 3.05. The van der Waals surface area contributed by atoms with E-state index in [2.05, 4.69) is 36.2 Å². The van der Waals surface area contributed by atoms with Crippen molar-refractivity contribution in [3.8, 4) is 5.75 Å². The lowest BCUT2D eigenvalue weighted by atomic mass is 10.0. The molecule has 0 spiro atoms. The van der Waals surface area contributed by atoms with Gasteiger partial charge in [-0.2, -0.15) is 0 Å². The van der Waals surface area contributed by atoms with E-state index in [1.165, 1.54) is 5.56 Å². The van der Waals surface area contributed by atoms with E-state index in [1.807, 2.05) is 41.3 Å². The summed E-state index contributed by atoms with van der Waals surface area (Å²) in [6.07, 6.45) is 1.29. The maximum absolute atomic E-state index is 12.5. The van der Waals surface area contributed by atoms with E-state index in [9.17, 15) is 4.79 Å². The van der Waals surface area contributed by atoms with Crippen LogP contribution in [-0.2, 0) is 4.79 Å². The molecule has 0 aromatic heterocycles. The van der Waals surface area contributed by atoms with Crippen molar-refractivity contribution >= 4 is 5.91 Å². The standard InChI is InChI=1S/C21H26N2O2/c1-22-14-15-23(17-20(22)18-9-4-2-5-10-18)21(24)13-8-16-25-19-11-6-3-7-12-19/h2-7,9-12,20H,8,13-17H2,1H3. The minimum absolute atomic E-state index is 0.227. The first-order valence-corrected chi connectivity index (χ1v) is 8.95. The van der Waals surface area contributed by atoms with Gasteiger partial charge in [0.2, 0.25) is 5.91 Å². The molecule has 1 atom stereocenters. The van der Waals surface area contributed by atoms with E-state index in [1.54, 1.807) is 0 Å². The molecule has 1 aliphatic heterocycles. The van der Waals surface area contributed by atoms with Crippen molar-refractivity contribution < 1.29 is 9.53 Å². The lowest BCUT2D eigenvalue weighted by Crippen LogP contribution is -2.49. The van der Waals surface area contributed by atoms with Crippen molar-refractivity contribution in [3.05, 3.63) is 66.2 Å². The molecule has 0 radical (unpaired) electrons. The van der Waals surface area contributed by atoms with Crippen molar-refractivity contribution in [1.29, 1.82) is 0 Å². The van der Waals surface area contributed by atoms with Crippen LogP contribution in [0, 0.1) is 0 Å². The second-order valence-electron chi connectivity index (χ2n) is 6.51. The molecular formula is C21H26N2O2. The molecule has 1 saturated heterocycles. The van der Waals surface area contributed by atoms with E-state index >= 15 is 0 Å². The van der Waals surface area contributed by atoms with Gasteiger partial charge in [0.05, 0.1) is 12.6 Å². The Morgan fingerprint density at radius 1 is 1.04 bits per heavy atom. The SMILES string of the molecule is CN1CCN(C(=O)CCCOc2ccccc2)CC1c1ccccc1. The molecule has 0 bridgehead atoms. The number of para-hydroxylation sites is 1. The molecular weight excluding hydrogens is 312 g/mol. The maximum atomic E-state index is 12.5. The highest BCUT2D eigenvalue weighted by molar-refractivity contribution is 5.76. The number of piperazine rings is 1. The van der Waals surface area contributed by atoms with Crippen LogP contribution in [0.1, 0.15) is 24.4 Å². The van der Waals surface area contributed by atoms with Crippen molar-refractivity contribution in [2.75, 3.05) is 33.3 Å². The summed E-state index contributed by atoms with van der Waals surface area (Å²) < 4.78 is 5.67. The van der Waals surface area contributed by atoms with Gasteiger partial charge in [0.1, 0.15) is 5.75 Å². The zero-order valence-corrected chi connectivity index (χ0v) is 14.8. The molecule has 132 valence electrons. The van der Waals surface area contributed by atoms with Crippen LogP contribution in [0.4, 0.5) is 0 Å². The molecule has 2 aromatic rings. The summed E-state index contributed by atoms with van der Waals surface area (Å²) in [5.41, 5.74) is 1.27. The Labute approximate surface area is 150 Å². The third-order valence-corrected chi connectivity index (χ3v) is 4.73. The van der Waals surface area contributed by atoms with Crippen LogP contribution in [0.25, 0.3) is 0 Å². The topological polar surface area (TPSA) is 32.8 Å². The first-order valence-electron chi connectivity index (χ1n) is 8.95. The molecule has 0 aliphatic carbocycles. The molecule has 0 N–H and O–H groups in total. The highest BCUT2D eigenvalue weighted by Crippen LogP contribution is 2.24. The minimum Gasteiger partial charge on any atom is -0.494 e. The van der Waals surface area contributed by atoms with Crippen LogP contribution in [0.5, 0.6) is 5.75 Å². The first kappa shape index (κ1) is 17.5. The lowest BCUT2D eigenvalue weighted by molar-refractivity contribution is -0.134. The number of nitrogens with zero attached hydrogens (tertiary/aromatic N) is 2. The number of rotatable bonds is 6. The number of carbonyl (C=O) groups is 1. The summed E-state index contributed by atoms with van der Waals surface area (Å²) in [5.74, 6) is 1.09. The van der Waals surface area contributed by atoms with Crippen molar-refractivity contribution in [1.82, 2.24) is 9.80 Å². The molecule has 1 amide bonds. The fourth-order valence-electron chi connectivity index (χ4n) is 3.22. The molecule has 0 saturated carbocycles. The van der Waals surface area contributed by atoms with Crippen LogP contribution < -0.4 is 4.74 Å². The maximum Gasteiger partial charge on any atom is 0.222 e. The molecule has 2 aromatic carbocycles. The van der Waals surface area contributed by atoms with Crippen LogP contribution in [0.2, 0.25) is 0 Å². The number of carbonyl (C=O) groups excluding carboxylic acids is 1. The molecule has 25 heavy (non-hydrogen) atoms. The van der Waals surface area contributed by atoms with Gasteiger partial charge in [0.25, 0.3) is 0 Å². The van der Waals surface area contributed by atoms with E-state index in [4.69, 9.17) is 4.74 Å². The van der Waals surface area contributed by atoms with Crippen molar-refractivity contribution in [2.24, 2.45) is 0 Å². The van der Waals surface area contributed by atoms with E-state index in [0.29, 0.717) is 13.0 Å². The molecule has 4 nitrogen and oxygen atoms in total. The number of likely N-dealkylation sites (N-methyl/N-ethyl adjacent to an activating group) is 1. The second-order valence-corrected chi connectivity index (χ2v) is 6.51. The molecule has 1 unspecified atom stereocenters. The van der Waals surface area contributed by atoms with Gasteiger partial charge in [-0.3, -0.25) is 9.69 Å². The van der Waals surface area contributed by atoms with Crippen LogP contribution >= 0.6 is 0 Å². The first-order chi connectivity index (χ1) is 12.2. The Kier molecular flexibility index (Phi) is 6.07. The summed E-state index contributed by atoms with van der Waals surface area (Å²) in [4.78, 5) is 16.9.